The number of nitrogens with one attached hydrogen (secondary N) is 1. The average molecular weight is 448 g/mol. The van der Waals surface area contributed by atoms with Crippen LogP contribution in [0.2, 0.25) is 0 Å². The van der Waals surface area contributed by atoms with Gasteiger partial charge in [-0.05, 0) is 32.8 Å². The van der Waals surface area contributed by atoms with Crippen molar-refractivity contribution >= 4 is 12.0 Å². The van der Waals surface area contributed by atoms with E-state index in [1.54, 1.807) is 13.8 Å². The highest BCUT2D eigenvalue weighted by molar-refractivity contribution is 5.59. The lowest BCUT2D eigenvalue weighted by molar-refractivity contribution is 0.0771. The molecule has 1 rings (SSSR count). The normalized spacial score (nSPS) is 10.5. The molecule has 0 bridgehead atoms. The predicted octanol–water partition coefficient (Wildman–Crippen LogP) is 4.09. The summed E-state index contributed by atoms with van der Waals surface area (Å²) in [5.74, 6) is 0.0585. The topological polar surface area (TPSA) is 101 Å². The van der Waals surface area contributed by atoms with Crippen molar-refractivity contribution in [1.82, 2.24) is 9.55 Å². The summed E-state index contributed by atoms with van der Waals surface area (Å²) in [6, 6.07) is 0. The van der Waals surface area contributed by atoms with E-state index < -0.39 is 17.7 Å². The van der Waals surface area contributed by atoms with Gasteiger partial charge < -0.3 is 24.3 Å². The van der Waals surface area contributed by atoms with E-state index in [0.29, 0.717) is 13.2 Å². The lowest BCUT2D eigenvalue weighted by atomic mass is 10.1. The number of ether oxygens (including phenoxy) is 4. The molecule has 1 unspecified atom stereocenters. The standard InChI is InChI=1S/C9H12FN3O2.C8H18O.C4H8O3/c1-4-15-6(2)11-8-7(10)5-13(3)9(14)12-8;1-4-6-9-7-8(3)5-2;1-3-7-4(5)6-2/h5H,2,4H2,1,3H3,(H,11,12,14);8H,4-7H2,1-3H3;3H2,1-2H3. The number of aryl methyl sites for hydroxylation is 1. The van der Waals surface area contributed by atoms with Crippen LogP contribution in [-0.2, 0) is 26.0 Å². The van der Waals surface area contributed by atoms with Crippen molar-refractivity contribution in [2.24, 2.45) is 13.0 Å². The lowest BCUT2D eigenvalue weighted by Gasteiger charge is -2.09. The molecule has 31 heavy (non-hydrogen) atoms. The maximum absolute atomic E-state index is 13.2. The zero-order valence-corrected chi connectivity index (χ0v) is 19.8. The summed E-state index contributed by atoms with van der Waals surface area (Å²) in [5, 5.41) is 2.46. The van der Waals surface area contributed by atoms with E-state index in [0.717, 1.165) is 36.3 Å². The van der Waals surface area contributed by atoms with Gasteiger partial charge in [-0.15, -0.1) is 0 Å². The van der Waals surface area contributed by atoms with E-state index in [-0.39, 0.29) is 11.7 Å². The van der Waals surface area contributed by atoms with Crippen molar-refractivity contribution in [2.45, 2.75) is 47.5 Å². The summed E-state index contributed by atoms with van der Waals surface area (Å²) >= 11 is 0. The monoisotopic (exact) mass is 447 g/mol. The van der Waals surface area contributed by atoms with Crippen molar-refractivity contribution in [3.05, 3.63) is 35.0 Å². The first kappa shape index (κ1) is 30.6. The van der Waals surface area contributed by atoms with Gasteiger partial charge in [0.05, 0.1) is 20.3 Å². The van der Waals surface area contributed by atoms with Crippen molar-refractivity contribution in [3.8, 4) is 0 Å². The highest BCUT2D eigenvalue weighted by Gasteiger charge is 2.07. The first-order valence-corrected chi connectivity index (χ1v) is 10.3. The van der Waals surface area contributed by atoms with Crippen LogP contribution in [0, 0.1) is 11.7 Å². The van der Waals surface area contributed by atoms with Crippen LogP contribution < -0.4 is 11.0 Å². The third-order valence-electron chi connectivity index (χ3n) is 3.50. The molecule has 180 valence electrons. The van der Waals surface area contributed by atoms with E-state index >= 15 is 0 Å². The molecule has 1 aromatic heterocycles. The predicted molar refractivity (Wildman–Crippen MR) is 118 cm³/mol. The van der Waals surface area contributed by atoms with Crippen LogP contribution in [0.5, 0.6) is 0 Å². The molecule has 0 saturated carbocycles. The molecular weight excluding hydrogens is 409 g/mol. The van der Waals surface area contributed by atoms with Gasteiger partial charge in [-0.25, -0.2) is 14.0 Å². The van der Waals surface area contributed by atoms with E-state index in [9.17, 15) is 14.0 Å². The van der Waals surface area contributed by atoms with Gasteiger partial charge in [0.25, 0.3) is 0 Å². The third-order valence-corrected chi connectivity index (χ3v) is 3.50. The second kappa shape index (κ2) is 19.3. The quantitative estimate of drug-likeness (QED) is 0.325. The number of aromatic nitrogens is 2. The molecule has 0 aliphatic carbocycles. The Hall–Kier alpha value is -2.62. The molecule has 1 atom stereocenters. The second-order valence-corrected chi connectivity index (χ2v) is 6.29. The molecular formula is C21H38FN3O6. The Labute approximate surface area is 184 Å². The van der Waals surface area contributed by atoms with Crippen LogP contribution in [0.1, 0.15) is 47.5 Å². The molecule has 0 amide bonds. The van der Waals surface area contributed by atoms with Gasteiger partial charge in [0.15, 0.2) is 17.5 Å². The SMILES string of the molecule is C=C(Nc1nc(=O)n(C)cc1F)OCC.CCCOCC(C)CC.CCOC(=O)OC. The summed E-state index contributed by atoms with van der Waals surface area (Å²) in [7, 11) is 2.69. The minimum absolute atomic E-state index is 0.150. The fourth-order valence-corrected chi connectivity index (χ4v) is 1.67. The van der Waals surface area contributed by atoms with E-state index in [1.165, 1.54) is 20.6 Å². The van der Waals surface area contributed by atoms with Gasteiger partial charge in [0, 0.05) is 26.5 Å². The number of hydrogen-bond acceptors (Lipinski definition) is 8. The summed E-state index contributed by atoms with van der Waals surface area (Å²) in [6.45, 7) is 16.1. The van der Waals surface area contributed by atoms with Crippen LogP contribution in [0.3, 0.4) is 0 Å². The fraction of sp³-hybridized carbons (Fsp3) is 0.667. The summed E-state index contributed by atoms with van der Waals surface area (Å²) < 4.78 is 33.0. The molecule has 0 spiro atoms. The Balaban J connectivity index is 0. The van der Waals surface area contributed by atoms with Crippen molar-refractivity contribution in [3.63, 3.8) is 0 Å². The molecule has 0 radical (unpaired) electrons. The molecule has 0 aromatic carbocycles. The van der Waals surface area contributed by atoms with Gasteiger partial charge in [0.2, 0.25) is 0 Å². The Morgan fingerprint density at radius 2 is 1.87 bits per heavy atom. The smallest absolute Gasteiger partial charge is 0.480 e. The van der Waals surface area contributed by atoms with Crippen molar-refractivity contribution < 1.29 is 28.1 Å². The molecule has 1 heterocycles. The fourth-order valence-electron chi connectivity index (χ4n) is 1.67. The first-order valence-electron chi connectivity index (χ1n) is 10.3. The summed E-state index contributed by atoms with van der Waals surface area (Å²) in [5.41, 5.74) is -0.553. The summed E-state index contributed by atoms with van der Waals surface area (Å²) in [6.07, 6.45) is 2.78. The Morgan fingerprint density at radius 3 is 2.32 bits per heavy atom. The number of hydrogen-bond donors (Lipinski definition) is 1. The third kappa shape index (κ3) is 16.8. The maximum atomic E-state index is 13.2. The van der Waals surface area contributed by atoms with Gasteiger partial charge in [-0.1, -0.05) is 27.2 Å². The first-order chi connectivity index (χ1) is 14.7. The largest absolute Gasteiger partial charge is 0.507 e. The van der Waals surface area contributed by atoms with Crippen molar-refractivity contribution in [2.75, 3.05) is 38.9 Å². The Bertz CT molecular complexity index is 682. The number of anilines is 1. The van der Waals surface area contributed by atoms with Gasteiger partial charge in [0.1, 0.15) is 0 Å². The minimum Gasteiger partial charge on any atom is -0.480 e. The van der Waals surface area contributed by atoms with Gasteiger partial charge >= 0.3 is 11.8 Å². The summed E-state index contributed by atoms with van der Waals surface area (Å²) in [4.78, 5) is 24.5. The zero-order chi connectivity index (χ0) is 24.2. The lowest BCUT2D eigenvalue weighted by Crippen LogP contribution is -2.22. The second-order valence-electron chi connectivity index (χ2n) is 6.29. The molecule has 0 fully saturated rings. The van der Waals surface area contributed by atoms with Gasteiger partial charge in [-0.3, -0.25) is 4.57 Å². The molecule has 0 saturated heterocycles. The maximum Gasteiger partial charge on any atom is 0.507 e. The van der Waals surface area contributed by atoms with E-state index in [1.807, 2.05) is 0 Å². The number of carbonyl (C=O) groups is 1. The number of methoxy groups -OCH3 is 1. The molecule has 0 aliphatic rings. The number of halogens is 1. The number of nitrogens with zero attached hydrogens (tertiary/aromatic N) is 2. The molecule has 9 nitrogen and oxygen atoms in total. The van der Waals surface area contributed by atoms with Crippen molar-refractivity contribution in [1.29, 1.82) is 0 Å². The van der Waals surface area contributed by atoms with Crippen LogP contribution in [-0.4, -0.2) is 49.2 Å². The minimum atomic E-state index is -0.641. The number of rotatable bonds is 10. The highest BCUT2D eigenvalue weighted by atomic mass is 19.1. The van der Waals surface area contributed by atoms with Crippen LogP contribution in [0.15, 0.2) is 23.5 Å². The van der Waals surface area contributed by atoms with Crippen LogP contribution in [0.4, 0.5) is 15.0 Å². The molecule has 1 N–H and O–H groups in total. The van der Waals surface area contributed by atoms with Gasteiger partial charge in [-0.2, -0.15) is 4.98 Å². The van der Waals surface area contributed by atoms with Crippen LogP contribution >= 0.6 is 0 Å². The zero-order valence-electron chi connectivity index (χ0n) is 19.8. The molecule has 0 aliphatic heterocycles. The molecule has 10 heteroatoms. The van der Waals surface area contributed by atoms with E-state index in [4.69, 9.17) is 9.47 Å². The molecule has 1 aromatic rings. The van der Waals surface area contributed by atoms with Crippen LogP contribution in [0.25, 0.3) is 0 Å². The number of carbonyl (C=O) groups excluding carboxylic acids is 1. The Kier molecular flexibility index (Phi) is 19.1. The Morgan fingerprint density at radius 1 is 1.26 bits per heavy atom. The average Bonchev–Trinajstić information content (AvgIpc) is 2.73. The van der Waals surface area contributed by atoms with E-state index in [2.05, 4.69) is 47.1 Å². The highest BCUT2D eigenvalue weighted by Crippen LogP contribution is 2.09.